The van der Waals surface area contributed by atoms with Gasteiger partial charge < -0.3 is 9.47 Å². The molecule has 0 saturated heterocycles. The topological polar surface area (TPSA) is 35.5 Å². The zero-order chi connectivity index (χ0) is 15.8. The quantitative estimate of drug-likeness (QED) is 0.381. The second-order valence-corrected chi connectivity index (χ2v) is 6.10. The molecule has 0 aliphatic heterocycles. The molecule has 20 heavy (non-hydrogen) atoms. The first-order valence-electron chi connectivity index (χ1n) is 7.20. The summed E-state index contributed by atoms with van der Waals surface area (Å²) in [6.45, 7) is 10.6. The first kappa shape index (κ1) is 18.9. The Morgan fingerprint density at radius 3 is 2.35 bits per heavy atom. The summed E-state index contributed by atoms with van der Waals surface area (Å²) < 4.78 is 10.1. The Bertz CT molecular complexity index is 353. The number of carbonyl (C=O) groups is 1. The summed E-state index contributed by atoms with van der Waals surface area (Å²) in [6, 6.07) is 0. The maximum atomic E-state index is 11.1. The summed E-state index contributed by atoms with van der Waals surface area (Å²) in [4.78, 5) is 11.1. The molecule has 0 amide bonds. The molecule has 2 unspecified atom stereocenters. The molecule has 2 atom stereocenters. The summed E-state index contributed by atoms with van der Waals surface area (Å²) in [5.41, 5.74) is 0.827. The number of hydrogen-bond acceptors (Lipinski definition) is 3. The first-order chi connectivity index (χ1) is 9.22. The zero-order valence-electron chi connectivity index (χ0n) is 14.0. The monoisotopic (exact) mass is 282 g/mol. The molecule has 0 rings (SSSR count). The SMILES string of the molecule is COC(=O)C=C(C)C=CCC(C)CC(C)C(C)(C)OC. The van der Waals surface area contributed by atoms with Crippen LogP contribution in [0.4, 0.5) is 0 Å². The number of carbonyl (C=O) groups excluding carboxylic acids is 1. The van der Waals surface area contributed by atoms with Crippen LogP contribution in [0.2, 0.25) is 0 Å². The Balaban J connectivity index is 4.26. The van der Waals surface area contributed by atoms with Crippen molar-refractivity contribution in [1.29, 1.82) is 0 Å². The molecule has 0 spiro atoms. The van der Waals surface area contributed by atoms with Crippen molar-refractivity contribution in [1.82, 2.24) is 0 Å². The fourth-order valence-corrected chi connectivity index (χ4v) is 1.96. The Kier molecular flexibility index (Phi) is 8.47. The Hall–Kier alpha value is -1.09. The van der Waals surface area contributed by atoms with Gasteiger partial charge in [-0.1, -0.05) is 26.0 Å². The van der Waals surface area contributed by atoms with Crippen LogP contribution in [0.25, 0.3) is 0 Å². The van der Waals surface area contributed by atoms with Crippen LogP contribution in [0.15, 0.2) is 23.8 Å². The normalized spacial score (nSPS) is 16.2. The van der Waals surface area contributed by atoms with Gasteiger partial charge in [-0.3, -0.25) is 0 Å². The van der Waals surface area contributed by atoms with Crippen molar-refractivity contribution in [3.8, 4) is 0 Å². The highest BCUT2D eigenvalue weighted by Crippen LogP contribution is 2.27. The third-order valence-corrected chi connectivity index (χ3v) is 3.93. The lowest BCUT2D eigenvalue weighted by molar-refractivity contribution is -0.134. The van der Waals surface area contributed by atoms with Gasteiger partial charge in [-0.2, -0.15) is 0 Å². The molecule has 0 aliphatic carbocycles. The molecule has 0 aromatic carbocycles. The van der Waals surface area contributed by atoms with Crippen molar-refractivity contribution in [2.45, 2.75) is 53.1 Å². The largest absolute Gasteiger partial charge is 0.466 e. The minimum absolute atomic E-state index is 0.0846. The van der Waals surface area contributed by atoms with Crippen molar-refractivity contribution in [3.63, 3.8) is 0 Å². The van der Waals surface area contributed by atoms with Crippen LogP contribution in [-0.4, -0.2) is 25.8 Å². The van der Waals surface area contributed by atoms with Crippen LogP contribution >= 0.6 is 0 Å². The van der Waals surface area contributed by atoms with Gasteiger partial charge in [-0.25, -0.2) is 4.79 Å². The van der Waals surface area contributed by atoms with Gasteiger partial charge in [0.15, 0.2) is 0 Å². The highest BCUT2D eigenvalue weighted by molar-refractivity contribution is 5.83. The van der Waals surface area contributed by atoms with Gasteiger partial charge in [0.25, 0.3) is 0 Å². The van der Waals surface area contributed by atoms with E-state index in [1.807, 2.05) is 13.0 Å². The maximum absolute atomic E-state index is 11.1. The van der Waals surface area contributed by atoms with Gasteiger partial charge in [0.05, 0.1) is 12.7 Å². The first-order valence-corrected chi connectivity index (χ1v) is 7.20. The molecule has 0 fully saturated rings. The minimum atomic E-state index is -0.310. The average Bonchev–Trinajstić information content (AvgIpc) is 2.38. The lowest BCUT2D eigenvalue weighted by Gasteiger charge is -2.32. The maximum Gasteiger partial charge on any atom is 0.330 e. The number of ether oxygens (including phenoxy) is 2. The molecule has 0 bridgehead atoms. The summed E-state index contributed by atoms with van der Waals surface area (Å²) >= 11 is 0. The van der Waals surface area contributed by atoms with Gasteiger partial charge in [-0.15, -0.1) is 0 Å². The number of rotatable bonds is 8. The van der Waals surface area contributed by atoms with E-state index in [1.54, 1.807) is 7.11 Å². The lowest BCUT2D eigenvalue weighted by atomic mass is 9.84. The molecule has 0 saturated carbocycles. The second kappa shape index (κ2) is 8.96. The summed E-state index contributed by atoms with van der Waals surface area (Å²) in [6.07, 6.45) is 7.70. The standard InChI is InChI=1S/C17H30O3/c1-13(11-15(3)17(4,5)20-7)9-8-10-14(2)12-16(18)19-6/h8,10,12-13,15H,9,11H2,1-7H3. The molecule has 3 heteroatoms. The molecule has 3 nitrogen and oxygen atoms in total. The smallest absolute Gasteiger partial charge is 0.330 e. The average molecular weight is 282 g/mol. The number of esters is 1. The Morgan fingerprint density at radius 2 is 1.85 bits per heavy atom. The van der Waals surface area contributed by atoms with Gasteiger partial charge >= 0.3 is 5.97 Å². The van der Waals surface area contributed by atoms with Gasteiger partial charge in [0, 0.05) is 13.2 Å². The molecule has 0 aromatic rings. The van der Waals surface area contributed by atoms with Crippen LogP contribution in [-0.2, 0) is 14.3 Å². The molecule has 0 N–H and O–H groups in total. The van der Waals surface area contributed by atoms with Crippen molar-refractivity contribution in [2.24, 2.45) is 11.8 Å². The van der Waals surface area contributed by atoms with E-state index < -0.39 is 0 Å². The Morgan fingerprint density at radius 1 is 1.25 bits per heavy atom. The van der Waals surface area contributed by atoms with E-state index in [0.29, 0.717) is 11.8 Å². The van der Waals surface area contributed by atoms with Crippen molar-refractivity contribution >= 4 is 5.97 Å². The third kappa shape index (κ3) is 7.49. The molecule has 0 aliphatic rings. The molecule has 0 aromatic heterocycles. The van der Waals surface area contributed by atoms with Crippen molar-refractivity contribution in [3.05, 3.63) is 23.8 Å². The van der Waals surface area contributed by atoms with Gasteiger partial charge in [-0.05, 0) is 51.0 Å². The predicted octanol–water partition coefficient (Wildman–Crippen LogP) is 4.14. The highest BCUT2D eigenvalue weighted by atomic mass is 16.5. The van der Waals surface area contributed by atoms with E-state index >= 15 is 0 Å². The lowest BCUT2D eigenvalue weighted by Crippen LogP contribution is -2.32. The Labute approximate surface area is 124 Å². The second-order valence-electron chi connectivity index (χ2n) is 6.10. The van der Waals surface area contributed by atoms with E-state index in [9.17, 15) is 4.79 Å². The minimum Gasteiger partial charge on any atom is -0.466 e. The van der Waals surface area contributed by atoms with Crippen molar-refractivity contribution in [2.75, 3.05) is 14.2 Å². The van der Waals surface area contributed by atoms with Crippen molar-refractivity contribution < 1.29 is 14.3 Å². The van der Waals surface area contributed by atoms with Crippen LogP contribution in [0, 0.1) is 11.8 Å². The number of allylic oxidation sites excluding steroid dienone is 3. The number of hydrogen-bond donors (Lipinski definition) is 0. The molecule has 116 valence electrons. The summed E-state index contributed by atoms with van der Waals surface area (Å²) in [5, 5.41) is 0. The van der Waals surface area contributed by atoms with E-state index in [1.165, 1.54) is 13.2 Å². The van der Waals surface area contributed by atoms with Crippen LogP contribution in [0.5, 0.6) is 0 Å². The molecule has 0 heterocycles. The van der Waals surface area contributed by atoms with E-state index in [2.05, 4.69) is 38.5 Å². The number of methoxy groups -OCH3 is 2. The zero-order valence-corrected chi connectivity index (χ0v) is 14.0. The molecular weight excluding hydrogens is 252 g/mol. The van der Waals surface area contributed by atoms with Crippen LogP contribution in [0.3, 0.4) is 0 Å². The summed E-state index contributed by atoms with van der Waals surface area (Å²) in [7, 11) is 3.15. The van der Waals surface area contributed by atoms with Gasteiger partial charge in [0.1, 0.15) is 0 Å². The van der Waals surface area contributed by atoms with E-state index in [-0.39, 0.29) is 11.6 Å². The summed E-state index contributed by atoms with van der Waals surface area (Å²) in [5.74, 6) is 0.778. The van der Waals surface area contributed by atoms with Crippen LogP contribution in [0.1, 0.15) is 47.5 Å². The van der Waals surface area contributed by atoms with E-state index in [0.717, 1.165) is 18.4 Å². The van der Waals surface area contributed by atoms with Crippen LogP contribution < -0.4 is 0 Å². The highest BCUT2D eigenvalue weighted by Gasteiger charge is 2.26. The van der Waals surface area contributed by atoms with E-state index in [4.69, 9.17) is 4.74 Å². The fourth-order valence-electron chi connectivity index (χ4n) is 1.96. The fraction of sp³-hybridized carbons (Fsp3) is 0.706. The predicted molar refractivity (Wildman–Crippen MR) is 83.6 cm³/mol. The molecular formula is C17H30O3. The molecule has 0 radical (unpaired) electrons. The third-order valence-electron chi connectivity index (χ3n) is 3.93. The van der Waals surface area contributed by atoms with Gasteiger partial charge in [0.2, 0.25) is 0 Å².